The number of amides is 4. The van der Waals surface area contributed by atoms with Crippen LogP contribution in [0.25, 0.3) is 0 Å². The molecule has 1 saturated heterocycles. The third kappa shape index (κ3) is 9.45. The Morgan fingerprint density at radius 3 is 2.24 bits per heavy atom. The van der Waals surface area contributed by atoms with E-state index in [9.17, 15) is 24.0 Å². The van der Waals surface area contributed by atoms with Gasteiger partial charge in [-0.25, -0.2) is 4.79 Å². The van der Waals surface area contributed by atoms with Gasteiger partial charge in [-0.3, -0.25) is 19.2 Å². The van der Waals surface area contributed by atoms with Crippen LogP contribution in [-0.2, 0) is 29.3 Å². The molecule has 0 spiro atoms. The number of ketones is 1. The number of benzene rings is 2. The summed E-state index contributed by atoms with van der Waals surface area (Å²) in [7, 11) is 0. The van der Waals surface area contributed by atoms with Gasteiger partial charge < -0.3 is 26.0 Å². The molecule has 0 bridgehead atoms. The van der Waals surface area contributed by atoms with E-state index in [0.717, 1.165) is 18.4 Å². The highest BCUT2D eigenvalue weighted by molar-refractivity contribution is 6.38. The second-order valence-corrected chi connectivity index (χ2v) is 14.0. The van der Waals surface area contributed by atoms with Gasteiger partial charge in [0.15, 0.2) is 0 Å². The molecule has 2 fully saturated rings. The van der Waals surface area contributed by atoms with Crippen LogP contribution in [0.1, 0.15) is 77.0 Å². The van der Waals surface area contributed by atoms with Gasteiger partial charge in [-0.05, 0) is 73.4 Å². The first kappa shape index (κ1) is 35.2. The number of hydrogen-bond donors (Lipinski definition) is 4. The molecule has 10 nitrogen and oxygen atoms in total. The number of alkyl carbamates (subject to hydrolysis) is 1. The minimum Gasteiger partial charge on any atom is -0.440 e. The first-order valence-corrected chi connectivity index (χ1v) is 16.4. The van der Waals surface area contributed by atoms with E-state index in [1.54, 1.807) is 30.3 Å². The van der Waals surface area contributed by atoms with Crippen molar-refractivity contribution in [3.05, 3.63) is 69.7 Å². The number of rotatable bonds is 14. The Morgan fingerprint density at radius 2 is 1.65 bits per heavy atom. The lowest BCUT2D eigenvalue weighted by molar-refractivity contribution is -0.141. The van der Waals surface area contributed by atoms with Crippen LogP contribution in [0.15, 0.2) is 48.5 Å². The molecule has 2 aliphatic rings. The summed E-state index contributed by atoms with van der Waals surface area (Å²) in [5, 5.41) is 11.8. The SMILES string of the molecule is CC(C)CC(NC(=O)OC(c1ccc(Cl)cc1)C(C)(C)c1cccc(Cl)c1)C(=O)NC(CC1CCNC1=O)C(=O)C(=O)NC1CC1. The molecule has 4 unspecified atom stereocenters. The zero-order valence-electron chi connectivity index (χ0n) is 26.5. The van der Waals surface area contributed by atoms with E-state index < -0.39 is 53.2 Å². The standard InChI is InChI=1S/C34H42Cl2N4O6/c1-19(2)16-27(31(43)39-26(17-21-14-15-37-30(21)42)28(41)32(44)38-25-12-13-25)40-33(45)46-29(20-8-10-23(35)11-9-20)34(3,4)22-6-5-7-24(36)18-22/h5-11,18-19,21,25-27,29H,12-17H2,1-4H3,(H,37,42)(H,38,44)(H,39,43)(H,40,45). The minimum atomic E-state index is -1.24. The van der Waals surface area contributed by atoms with Gasteiger partial charge >= 0.3 is 6.09 Å². The molecular formula is C34H42Cl2N4O6. The average molecular weight is 674 g/mol. The maximum Gasteiger partial charge on any atom is 0.408 e. The van der Waals surface area contributed by atoms with Gasteiger partial charge in [-0.2, -0.15) is 0 Å². The molecule has 1 saturated carbocycles. The maximum absolute atomic E-state index is 13.7. The number of halogens is 2. The summed E-state index contributed by atoms with van der Waals surface area (Å²) in [6.07, 6.45) is 0.594. The van der Waals surface area contributed by atoms with E-state index in [2.05, 4.69) is 21.3 Å². The van der Waals surface area contributed by atoms with Crippen LogP contribution in [0.2, 0.25) is 10.0 Å². The van der Waals surface area contributed by atoms with Gasteiger partial charge in [0.25, 0.3) is 5.91 Å². The van der Waals surface area contributed by atoms with Crippen LogP contribution in [0, 0.1) is 11.8 Å². The fourth-order valence-corrected chi connectivity index (χ4v) is 5.91. The molecule has 4 atom stereocenters. The zero-order valence-corrected chi connectivity index (χ0v) is 28.0. The van der Waals surface area contributed by atoms with Crippen molar-refractivity contribution in [3.63, 3.8) is 0 Å². The summed E-state index contributed by atoms with van der Waals surface area (Å²) in [6.45, 7) is 8.08. The molecule has 46 heavy (non-hydrogen) atoms. The molecule has 4 N–H and O–H groups in total. The Labute approximate surface area is 279 Å². The first-order valence-electron chi connectivity index (χ1n) is 15.7. The fraction of sp³-hybridized carbons (Fsp3) is 0.500. The van der Waals surface area contributed by atoms with Gasteiger partial charge in [0, 0.05) is 34.0 Å². The number of carbonyl (C=O) groups excluding carboxylic acids is 5. The van der Waals surface area contributed by atoms with Crippen molar-refractivity contribution in [1.82, 2.24) is 21.3 Å². The summed E-state index contributed by atoms with van der Waals surface area (Å²) < 4.78 is 6.06. The van der Waals surface area contributed by atoms with Crippen LogP contribution >= 0.6 is 23.2 Å². The van der Waals surface area contributed by atoms with Crippen molar-refractivity contribution < 1.29 is 28.7 Å². The second kappa shape index (κ2) is 15.3. The number of hydrogen-bond acceptors (Lipinski definition) is 6. The van der Waals surface area contributed by atoms with E-state index in [1.807, 2.05) is 45.9 Å². The molecule has 4 rings (SSSR count). The molecule has 4 amide bonds. The molecule has 2 aromatic carbocycles. The van der Waals surface area contributed by atoms with E-state index in [0.29, 0.717) is 28.6 Å². The third-order valence-corrected chi connectivity index (χ3v) is 8.88. The van der Waals surface area contributed by atoms with Crippen LogP contribution in [0.3, 0.4) is 0 Å². The van der Waals surface area contributed by atoms with Crippen LogP contribution < -0.4 is 21.3 Å². The molecular weight excluding hydrogens is 631 g/mol. The van der Waals surface area contributed by atoms with Crippen molar-refractivity contribution in [2.24, 2.45) is 11.8 Å². The molecule has 1 aliphatic carbocycles. The maximum atomic E-state index is 13.7. The number of Topliss-reactive ketones (excluding diaryl/α,β-unsaturated/α-hetero) is 1. The molecule has 1 heterocycles. The Morgan fingerprint density at radius 1 is 0.957 bits per heavy atom. The molecule has 1 aliphatic heterocycles. The monoisotopic (exact) mass is 672 g/mol. The lowest BCUT2D eigenvalue weighted by Gasteiger charge is -2.35. The molecule has 12 heteroatoms. The van der Waals surface area contributed by atoms with Gasteiger partial charge in [0.2, 0.25) is 17.6 Å². The summed E-state index contributed by atoms with van der Waals surface area (Å²) in [6, 6.07) is 11.8. The lowest BCUT2D eigenvalue weighted by Crippen LogP contribution is -2.55. The Hall–Kier alpha value is -3.63. The number of carbonyl (C=O) groups is 5. The molecule has 248 valence electrons. The zero-order chi connectivity index (χ0) is 33.6. The molecule has 2 aromatic rings. The Balaban J connectivity index is 1.54. The van der Waals surface area contributed by atoms with E-state index >= 15 is 0 Å². The number of nitrogens with one attached hydrogen (secondary N) is 4. The molecule has 0 radical (unpaired) electrons. The van der Waals surface area contributed by atoms with Crippen molar-refractivity contribution in [1.29, 1.82) is 0 Å². The van der Waals surface area contributed by atoms with Gasteiger partial charge in [-0.15, -0.1) is 0 Å². The smallest absolute Gasteiger partial charge is 0.408 e. The summed E-state index contributed by atoms with van der Waals surface area (Å²) in [5.74, 6) is -3.06. The predicted octanol–water partition coefficient (Wildman–Crippen LogP) is 5.01. The predicted molar refractivity (Wildman–Crippen MR) is 175 cm³/mol. The molecule has 0 aromatic heterocycles. The summed E-state index contributed by atoms with van der Waals surface area (Å²) in [4.78, 5) is 65.5. The third-order valence-electron chi connectivity index (χ3n) is 8.39. The van der Waals surface area contributed by atoms with Crippen molar-refractivity contribution >= 4 is 52.8 Å². The Kier molecular flexibility index (Phi) is 11.7. The highest BCUT2D eigenvalue weighted by Gasteiger charge is 2.39. The number of ether oxygens (including phenoxy) is 1. The largest absolute Gasteiger partial charge is 0.440 e. The van der Waals surface area contributed by atoms with Crippen molar-refractivity contribution in [2.75, 3.05) is 6.54 Å². The van der Waals surface area contributed by atoms with Crippen LogP contribution in [-0.4, -0.2) is 54.3 Å². The second-order valence-electron chi connectivity index (χ2n) is 13.1. The summed E-state index contributed by atoms with van der Waals surface area (Å²) >= 11 is 12.4. The highest BCUT2D eigenvalue weighted by Crippen LogP contribution is 2.40. The normalized spacial score (nSPS) is 18.2. The highest BCUT2D eigenvalue weighted by atomic mass is 35.5. The minimum absolute atomic E-state index is 0.0280. The van der Waals surface area contributed by atoms with Gasteiger partial charge in [0.05, 0.1) is 6.04 Å². The van der Waals surface area contributed by atoms with Crippen LogP contribution in [0.5, 0.6) is 0 Å². The van der Waals surface area contributed by atoms with E-state index in [4.69, 9.17) is 27.9 Å². The Bertz CT molecular complexity index is 1440. The summed E-state index contributed by atoms with van der Waals surface area (Å²) in [5.41, 5.74) is 0.739. The van der Waals surface area contributed by atoms with Crippen molar-refractivity contribution in [3.8, 4) is 0 Å². The fourth-order valence-electron chi connectivity index (χ4n) is 5.60. The van der Waals surface area contributed by atoms with Gasteiger partial charge in [-0.1, -0.05) is 75.2 Å². The quantitative estimate of drug-likeness (QED) is 0.208. The first-order chi connectivity index (χ1) is 21.7. The lowest BCUT2D eigenvalue weighted by atomic mass is 9.76. The topological polar surface area (TPSA) is 143 Å². The van der Waals surface area contributed by atoms with E-state index in [-0.39, 0.29) is 30.7 Å². The van der Waals surface area contributed by atoms with Crippen molar-refractivity contribution in [2.45, 2.75) is 89.4 Å². The van der Waals surface area contributed by atoms with Gasteiger partial charge in [0.1, 0.15) is 12.1 Å². The van der Waals surface area contributed by atoms with Crippen LogP contribution in [0.4, 0.5) is 4.79 Å². The average Bonchev–Trinajstić information content (AvgIpc) is 3.73. The van der Waals surface area contributed by atoms with E-state index in [1.165, 1.54) is 0 Å².